The number of hydrogen-bond acceptors (Lipinski definition) is 2. The second kappa shape index (κ2) is 5.13. The van der Waals surface area contributed by atoms with Gasteiger partial charge >= 0.3 is 0 Å². The minimum absolute atomic E-state index is 0.316. The average molecular weight is 228 g/mol. The summed E-state index contributed by atoms with van der Waals surface area (Å²) in [6, 6.07) is 0.493. The highest BCUT2D eigenvalue weighted by Crippen LogP contribution is 2.32. The predicted molar refractivity (Wildman–Crippen MR) is 61.9 cm³/mol. The van der Waals surface area contributed by atoms with Crippen molar-refractivity contribution in [1.29, 1.82) is 0 Å². The van der Waals surface area contributed by atoms with Gasteiger partial charge in [-0.05, 0) is 32.2 Å². The number of nitrogens with zero attached hydrogens (tertiary/aromatic N) is 1. The maximum Gasteiger partial charge on any atom is 0.137 e. The van der Waals surface area contributed by atoms with Gasteiger partial charge in [-0.15, -0.1) is 0 Å². The van der Waals surface area contributed by atoms with Crippen molar-refractivity contribution < 1.29 is 4.79 Å². The number of carbonyl (C=O) groups is 1. The van der Waals surface area contributed by atoms with Gasteiger partial charge in [0.15, 0.2) is 0 Å². The van der Waals surface area contributed by atoms with Gasteiger partial charge in [0.05, 0.1) is 0 Å². The summed E-state index contributed by atoms with van der Waals surface area (Å²) in [5, 5.41) is 0. The zero-order chi connectivity index (χ0) is 10.7. The van der Waals surface area contributed by atoms with Gasteiger partial charge in [-0.1, -0.05) is 17.7 Å². The molecule has 0 amide bonds. The van der Waals surface area contributed by atoms with E-state index in [0.29, 0.717) is 17.7 Å². The van der Waals surface area contributed by atoms with Crippen LogP contribution < -0.4 is 0 Å². The van der Waals surface area contributed by atoms with Crippen molar-refractivity contribution in [3.8, 4) is 0 Å². The molecule has 1 aliphatic heterocycles. The fourth-order valence-electron chi connectivity index (χ4n) is 2.96. The van der Waals surface area contributed by atoms with Crippen LogP contribution in [0.1, 0.15) is 32.1 Å². The monoisotopic (exact) mass is 227 g/mol. The lowest BCUT2D eigenvalue weighted by Crippen LogP contribution is -2.37. The Labute approximate surface area is 96.3 Å². The van der Waals surface area contributed by atoms with Crippen LogP contribution in [0.2, 0.25) is 0 Å². The number of likely N-dealkylation sites (tertiary alicyclic amines) is 1. The molecular formula is C12H18ClNO. The fraction of sp³-hybridized carbons (Fsp3) is 0.750. The normalized spacial score (nSPS) is 33.3. The molecule has 0 bridgehead atoms. The molecule has 84 valence electrons. The molecule has 0 spiro atoms. The maximum atomic E-state index is 11.7. The molecule has 2 rings (SSSR count). The van der Waals surface area contributed by atoms with E-state index in [1.54, 1.807) is 5.54 Å². The number of halogens is 1. The first-order valence-corrected chi connectivity index (χ1v) is 6.28. The molecule has 3 heteroatoms. The van der Waals surface area contributed by atoms with E-state index in [0.717, 1.165) is 32.4 Å². The Bertz CT molecular complexity index is 264. The predicted octanol–water partition coefficient (Wildman–Crippen LogP) is 2.57. The van der Waals surface area contributed by atoms with Gasteiger partial charge in [-0.2, -0.15) is 0 Å². The van der Waals surface area contributed by atoms with E-state index in [1.165, 1.54) is 12.8 Å². The SMILES string of the molecule is O=C1CCCC1C1CCCN1C/C=C/Cl. The minimum Gasteiger partial charge on any atom is -0.299 e. The molecule has 2 nitrogen and oxygen atoms in total. The molecule has 0 aromatic carbocycles. The van der Waals surface area contributed by atoms with Gasteiger partial charge in [-0.3, -0.25) is 9.69 Å². The minimum atomic E-state index is 0.316. The van der Waals surface area contributed by atoms with E-state index in [1.807, 2.05) is 6.08 Å². The average Bonchev–Trinajstić information content (AvgIpc) is 2.82. The van der Waals surface area contributed by atoms with Crippen LogP contribution in [0.5, 0.6) is 0 Å². The first-order chi connectivity index (χ1) is 7.33. The van der Waals surface area contributed by atoms with Crippen LogP contribution in [0.15, 0.2) is 11.6 Å². The van der Waals surface area contributed by atoms with E-state index in [-0.39, 0.29) is 0 Å². The van der Waals surface area contributed by atoms with Gasteiger partial charge in [-0.25, -0.2) is 0 Å². The molecule has 0 radical (unpaired) electrons. The fourth-order valence-corrected chi connectivity index (χ4v) is 3.04. The van der Waals surface area contributed by atoms with Crippen molar-refractivity contribution >= 4 is 17.4 Å². The second-order valence-corrected chi connectivity index (χ2v) is 4.78. The van der Waals surface area contributed by atoms with Crippen molar-refractivity contribution in [2.75, 3.05) is 13.1 Å². The van der Waals surface area contributed by atoms with Crippen LogP contribution in [0, 0.1) is 5.92 Å². The summed E-state index contributed by atoms with van der Waals surface area (Å²) in [4.78, 5) is 14.1. The van der Waals surface area contributed by atoms with Crippen molar-refractivity contribution in [1.82, 2.24) is 4.90 Å². The molecule has 2 fully saturated rings. The van der Waals surface area contributed by atoms with Gasteiger partial charge in [0, 0.05) is 30.5 Å². The highest BCUT2D eigenvalue weighted by molar-refractivity contribution is 6.25. The standard InChI is InChI=1S/C12H18ClNO/c13-7-3-9-14-8-2-5-11(14)10-4-1-6-12(10)15/h3,7,10-11H,1-2,4-6,8-9H2/b7-3+. The Balaban J connectivity index is 1.97. The Hall–Kier alpha value is -0.340. The van der Waals surface area contributed by atoms with Crippen molar-refractivity contribution in [3.63, 3.8) is 0 Å². The lowest BCUT2D eigenvalue weighted by molar-refractivity contribution is -0.122. The lowest BCUT2D eigenvalue weighted by Gasteiger charge is -2.27. The number of ketones is 1. The quantitative estimate of drug-likeness (QED) is 0.739. The van der Waals surface area contributed by atoms with Gasteiger partial charge in [0.1, 0.15) is 5.78 Å². The van der Waals surface area contributed by atoms with Crippen molar-refractivity contribution in [2.45, 2.75) is 38.1 Å². The van der Waals surface area contributed by atoms with Crippen LogP contribution in [0.3, 0.4) is 0 Å². The molecule has 0 aromatic rings. The largest absolute Gasteiger partial charge is 0.299 e. The van der Waals surface area contributed by atoms with Gasteiger partial charge in [0.25, 0.3) is 0 Å². The summed E-state index contributed by atoms with van der Waals surface area (Å²) in [5.41, 5.74) is 1.58. The Kier molecular flexibility index (Phi) is 3.81. The van der Waals surface area contributed by atoms with Crippen LogP contribution in [0.25, 0.3) is 0 Å². The Morgan fingerprint density at radius 2 is 2.27 bits per heavy atom. The van der Waals surface area contributed by atoms with Crippen LogP contribution in [-0.4, -0.2) is 29.8 Å². The molecule has 1 heterocycles. The highest BCUT2D eigenvalue weighted by atomic mass is 35.5. The van der Waals surface area contributed by atoms with E-state index < -0.39 is 0 Å². The molecule has 1 saturated carbocycles. The molecule has 15 heavy (non-hydrogen) atoms. The van der Waals surface area contributed by atoms with E-state index in [4.69, 9.17) is 11.6 Å². The molecule has 2 aliphatic rings. The topological polar surface area (TPSA) is 20.3 Å². The third-order valence-electron chi connectivity index (χ3n) is 3.66. The number of carbonyl (C=O) groups excluding carboxylic acids is 1. The van der Waals surface area contributed by atoms with Crippen LogP contribution in [0.4, 0.5) is 0 Å². The van der Waals surface area contributed by atoms with Gasteiger partial charge in [0.2, 0.25) is 0 Å². The summed E-state index contributed by atoms with van der Waals surface area (Å²) >= 11 is 5.54. The number of rotatable bonds is 3. The third kappa shape index (κ3) is 2.43. The summed E-state index contributed by atoms with van der Waals surface area (Å²) in [6.45, 7) is 2.02. The molecule has 2 unspecified atom stereocenters. The molecule has 0 N–H and O–H groups in total. The Morgan fingerprint density at radius 1 is 1.40 bits per heavy atom. The summed E-state index contributed by atoms with van der Waals surface area (Å²) in [5.74, 6) is 0.804. The smallest absolute Gasteiger partial charge is 0.137 e. The maximum absolute atomic E-state index is 11.7. The van der Waals surface area contributed by atoms with Gasteiger partial charge < -0.3 is 0 Å². The van der Waals surface area contributed by atoms with E-state index in [9.17, 15) is 4.79 Å². The zero-order valence-electron chi connectivity index (χ0n) is 8.99. The van der Waals surface area contributed by atoms with Crippen LogP contribution in [-0.2, 0) is 4.79 Å². The zero-order valence-corrected chi connectivity index (χ0v) is 9.75. The first kappa shape index (κ1) is 11.2. The second-order valence-electron chi connectivity index (χ2n) is 4.53. The summed E-state index contributed by atoms with van der Waals surface area (Å²) in [7, 11) is 0. The van der Waals surface area contributed by atoms with E-state index >= 15 is 0 Å². The summed E-state index contributed by atoms with van der Waals surface area (Å²) in [6.07, 6.45) is 7.39. The molecule has 1 saturated heterocycles. The molecule has 0 aromatic heterocycles. The lowest BCUT2D eigenvalue weighted by atomic mass is 9.95. The molecule has 1 aliphatic carbocycles. The molecular weight excluding hydrogens is 210 g/mol. The van der Waals surface area contributed by atoms with Crippen molar-refractivity contribution in [2.24, 2.45) is 5.92 Å². The first-order valence-electron chi connectivity index (χ1n) is 5.85. The number of Topliss-reactive ketones (excluding diaryl/α,β-unsaturated/α-hetero) is 1. The number of hydrogen-bond donors (Lipinski definition) is 0. The van der Waals surface area contributed by atoms with Crippen LogP contribution >= 0.6 is 11.6 Å². The third-order valence-corrected chi connectivity index (χ3v) is 3.84. The van der Waals surface area contributed by atoms with E-state index in [2.05, 4.69) is 4.90 Å². The van der Waals surface area contributed by atoms with Crippen molar-refractivity contribution in [3.05, 3.63) is 11.6 Å². The highest BCUT2D eigenvalue weighted by Gasteiger charge is 2.37. The molecule has 2 atom stereocenters. The Morgan fingerprint density at radius 3 is 2.93 bits per heavy atom. The summed E-state index contributed by atoms with van der Waals surface area (Å²) < 4.78 is 0.